The Morgan fingerprint density at radius 3 is 2.62 bits per heavy atom. The van der Waals surface area contributed by atoms with Gasteiger partial charge in [-0.15, -0.1) is 11.8 Å². The Morgan fingerprint density at radius 1 is 1.09 bits per heavy atom. The minimum Gasteiger partial charge on any atom is -0.305 e. The summed E-state index contributed by atoms with van der Waals surface area (Å²) in [6.07, 6.45) is 0. The van der Waals surface area contributed by atoms with Crippen LogP contribution in [0, 0.1) is 12.7 Å². The lowest BCUT2D eigenvalue weighted by Crippen LogP contribution is -2.51. The Balaban J connectivity index is 1.55. The fourth-order valence-electron chi connectivity index (χ4n) is 4.40. The van der Waals surface area contributed by atoms with Crippen molar-refractivity contribution in [3.63, 3.8) is 0 Å². The third kappa shape index (κ3) is 3.24. The normalized spacial score (nSPS) is 19.5. The Hall–Kier alpha value is -3.32. The highest BCUT2D eigenvalue weighted by atomic mass is 32.2. The lowest BCUT2D eigenvalue weighted by Gasteiger charge is -2.33. The number of fused-ring (bicyclic) bond motifs is 2. The number of rotatable bonds is 3. The summed E-state index contributed by atoms with van der Waals surface area (Å²) in [5.74, 6) is -0.0437. The van der Waals surface area contributed by atoms with Crippen molar-refractivity contribution in [3.05, 3.63) is 95.3 Å². The number of nitrogens with one attached hydrogen (secondary N) is 1. The quantitative estimate of drug-likeness (QED) is 0.607. The Kier molecular flexibility index (Phi) is 5.13. The Bertz CT molecular complexity index is 1200. The van der Waals surface area contributed by atoms with E-state index >= 15 is 0 Å². The van der Waals surface area contributed by atoms with Crippen molar-refractivity contribution in [2.75, 3.05) is 22.5 Å². The average Bonchev–Trinajstić information content (AvgIpc) is 3.33. The molecule has 3 amide bonds. The number of carbonyl (C=O) groups is 2. The van der Waals surface area contributed by atoms with Gasteiger partial charge in [0.05, 0.1) is 17.9 Å². The van der Waals surface area contributed by atoms with Gasteiger partial charge in [0, 0.05) is 17.9 Å². The van der Waals surface area contributed by atoms with Crippen molar-refractivity contribution in [2.24, 2.45) is 0 Å². The van der Waals surface area contributed by atoms with E-state index in [9.17, 15) is 14.0 Å². The predicted molar refractivity (Wildman–Crippen MR) is 125 cm³/mol. The van der Waals surface area contributed by atoms with Crippen LogP contribution in [0.4, 0.5) is 20.6 Å². The zero-order chi connectivity index (χ0) is 22.3. The van der Waals surface area contributed by atoms with Crippen LogP contribution < -0.4 is 10.2 Å². The number of hydrogen-bond acceptors (Lipinski definition) is 3. The van der Waals surface area contributed by atoms with Crippen molar-refractivity contribution >= 4 is 35.1 Å². The molecule has 0 aliphatic carbocycles. The van der Waals surface area contributed by atoms with Crippen molar-refractivity contribution in [1.29, 1.82) is 0 Å². The zero-order valence-corrected chi connectivity index (χ0v) is 18.4. The van der Waals surface area contributed by atoms with Crippen molar-refractivity contribution in [3.8, 4) is 0 Å². The molecule has 1 atom stereocenters. The van der Waals surface area contributed by atoms with E-state index in [1.165, 1.54) is 23.9 Å². The number of nitrogens with zero attached hydrogens (tertiary/aromatic N) is 2. The molecule has 5 nitrogen and oxygen atoms in total. The summed E-state index contributed by atoms with van der Waals surface area (Å²) in [6.45, 7) is 2.78. The molecule has 0 bridgehead atoms. The molecule has 3 aromatic rings. The molecule has 162 valence electrons. The second-order valence-corrected chi connectivity index (χ2v) is 9.24. The number of aryl methyl sites for hydroxylation is 1. The minimum absolute atomic E-state index is 0.0978. The number of anilines is 2. The van der Waals surface area contributed by atoms with Crippen LogP contribution >= 0.6 is 11.8 Å². The second kappa shape index (κ2) is 7.98. The maximum Gasteiger partial charge on any atom is 0.323 e. The molecule has 1 spiro atoms. The van der Waals surface area contributed by atoms with Crippen LogP contribution in [-0.4, -0.2) is 29.1 Å². The molecule has 1 N–H and O–H groups in total. The Morgan fingerprint density at radius 2 is 1.84 bits per heavy atom. The van der Waals surface area contributed by atoms with E-state index in [-0.39, 0.29) is 11.6 Å². The zero-order valence-electron chi connectivity index (χ0n) is 17.5. The summed E-state index contributed by atoms with van der Waals surface area (Å²) in [7, 11) is 0. The number of hydrogen-bond donors (Lipinski definition) is 1. The molecule has 1 saturated heterocycles. The topological polar surface area (TPSA) is 52.7 Å². The third-order valence-corrected chi connectivity index (χ3v) is 7.31. The smallest absolute Gasteiger partial charge is 0.305 e. The molecule has 7 heteroatoms. The second-order valence-electron chi connectivity index (χ2n) is 7.95. The first-order chi connectivity index (χ1) is 15.5. The van der Waals surface area contributed by atoms with Gasteiger partial charge in [0.15, 0.2) is 4.87 Å². The summed E-state index contributed by atoms with van der Waals surface area (Å²) in [5.41, 5.74) is 3.74. The van der Waals surface area contributed by atoms with E-state index in [0.29, 0.717) is 18.8 Å². The van der Waals surface area contributed by atoms with E-state index in [1.54, 1.807) is 21.9 Å². The number of urea groups is 1. The Labute approximate surface area is 190 Å². The highest BCUT2D eigenvalue weighted by molar-refractivity contribution is 8.01. The van der Waals surface area contributed by atoms with Gasteiger partial charge in [-0.1, -0.05) is 60.2 Å². The average molecular weight is 448 g/mol. The van der Waals surface area contributed by atoms with Gasteiger partial charge in [-0.05, 0) is 30.7 Å². The van der Waals surface area contributed by atoms with Crippen molar-refractivity contribution in [2.45, 2.75) is 18.3 Å². The molecule has 3 aromatic carbocycles. The van der Waals surface area contributed by atoms with Crippen LogP contribution in [0.15, 0.2) is 72.8 Å². The molecule has 32 heavy (non-hydrogen) atoms. The van der Waals surface area contributed by atoms with Gasteiger partial charge in [-0.2, -0.15) is 0 Å². The number of para-hydroxylation sites is 1. The number of thioether (sulfide) groups is 1. The maximum atomic E-state index is 14.2. The number of halogens is 1. The third-order valence-electron chi connectivity index (χ3n) is 5.89. The van der Waals surface area contributed by atoms with E-state index < -0.39 is 16.7 Å². The first-order valence-corrected chi connectivity index (χ1v) is 11.4. The number of amides is 3. The predicted octanol–water partition coefficient (Wildman–Crippen LogP) is 5.11. The molecule has 2 aliphatic rings. The summed E-state index contributed by atoms with van der Waals surface area (Å²) >= 11 is 1.46. The summed E-state index contributed by atoms with van der Waals surface area (Å²) in [6, 6.07) is 21.3. The largest absolute Gasteiger partial charge is 0.323 e. The van der Waals surface area contributed by atoms with Gasteiger partial charge in [0.1, 0.15) is 5.82 Å². The molecule has 1 fully saturated rings. The summed E-state index contributed by atoms with van der Waals surface area (Å²) in [4.78, 5) is 29.4. The molecular weight excluding hydrogens is 425 g/mol. The van der Waals surface area contributed by atoms with Crippen LogP contribution in [0.1, 0.15) is 16.7 Å². The lowest BCUT2D eigenvalue weighted by atomic mass is 10.0. The molecule has 0 radical (unpaired) electrons. The molecule has 2 aliphatic heterocycles. The molecule has 2 heterocycles. The van der Waals surface area contributed by atoms with Gasteiger partial charge in [0.2, 0.25) is 0 Å². The molecule has 0 aromatic heterocycles. The van der Waals surface area contributed by atoms with Crippen LogP contribution in [0.3, 0.4) is 0 Å². The first-order valence-electron chi connectivity index (χ1n) is 10.4. The van der Waals surface area contributed by atoms with E-state index in [2.05, 4.69) is 5.32 Å². The highest BCUT2D eigenvalue weighted by Gasteiger charge is 2.59. The maximum absolute atomic E-state index is 14.2. The fourth-order valence-corrected chi connectivity index (χ4v) is 5.85. The number of benzene rings is 3. The lowest BCUT2D eigenvalue weighted by molar-refractivity contribution is -0.123. The van der Waals surface area contributed by atoms with Crippen LogP contribution in [0.2, 0.25) is 0 Å². The van der Waals surface area contributed by atoms with Crippen LogP contribution in [-0.2, 0) is 16.2 Å². The van der Waals surface area contributed by atoms with Gasteiger partial charge in [-0.3, -0.25) is 9.69 Å². The van der Waals surface area contributed by atoms with Gasteiger partial charge in [0.25, 0.3) is 5.91 Å². The van der Waals surface area contributed by atoms with E-state index in [1.807, 2.05) is 55.5 Å². The van der Waals surface area contributed by atoms with Gasteiger partial charge >= 0.3 is 6.03 Å². The van der Waals surface area contributed by atoms with Crippen molar-refractivity contribution < 1.29 is 14.0 Å². The molecule has 0 unspecified atom stereocenters. The van der Waals surface area contributed by atoms with Crippen LogP contribution in [0.25, 0.3) is 0 Å². The first kappa shape index (κ1) is 20.6. The van der Waals surface area contributed by atoms with Gasteiger partial charge < -0.3 is 10.2 Å². The van der Waals surface area contributed by atoms with Crippen molar-refractivity contribution in [1.82, 2.24) is 4.90 Å². The standard InChI is InChI=1S/C25H22FN3O2S/c1-17-11-12-22-19(15-17)25(23(30)28(22)16-18-7-3-2-4-8-18)29(13-14-32-25)24(31)27-21-10-6-5-9-20(21)26/h2-12,15H,13-14,16H2,1H3,(H,27,31)/t25-/m0/s1. The highest BCUT2D eigenvalue weighted by Crippen LogP contribution is 2.54. The van der Waals surface area contributed by atoms with Gasteiger partial charge in [-0.25, -0.2) is 9.18 Å². The molecule has 0 saturated carbocycles. The number of carbonyl (C=O) groups excluding carboxylic acids is 2. The van der Waals surface area contributed by atoms with Crippen LogP contribution in [0.5, 0.6) is 0 Å². The monoisotopic (exact) mass is 447 g/mol. The molecular formula is C25H22FN3O2S. The summed E-state index contributed by atoms with van der Waals surface area (Å²) in [5, 5.41) is 2.66. The van der Waals surface area contributed by atoms with E-state index in [0.717, 1.165) is 22.4 Å². The minimum atomic E-state index is -1.16. The fraction of sp³-hybridized carbons (Fsp3) is 0.200. The SMILES string of the molecule is Cc1ccc2c(c1)[C@]1(SCCN1C(=O)Nc1ccccc1F)C(=O)N2Cc1ccccc1. The van der Waals surface area contributed by atoms with E-state index in [4.69, 9.17) is 0 Å². The summed E-state index contributed by atoms with van der Waals surface area (Å²) < 4.78 is 14.2. The molecule has 5 rings (SSSR count).